The lowest BCUT2D eigenvalue weighted by Gasteiger charge is -2.32. The smallest absolute Gasteiger partial charge is 0.228 e. The normalized spacial score (nSPS) is 18.7. The third kappa shape index (κ3) is 8.77. The van der Waals surface area contributed by atoms with Gasteiger partial charge in [-0.05, 0) is 187 Å². The fraction of sp³-hybridized carbons (Fsp3) is 0.0824. The first-order valence-corrected chi connectivity index (χ1v) is 31.3. The van der Waals surface area contributed by atoms with Crippen LogP contribution in [0.2, 0.25) is 0 Å². The summed E-state index contributed by atoms with van der Waals surface area (Å²) in [6.07, 6.45) is 33.3. The molecule has 0 saturated heterocycles. The van der Waals surface area contributed by atoms with E-state index in [1.54, 1.807) is 0 Å². The highest BCUT2D eigenvalue weighted by molar-refractivity contribution is 6.15. The van der Waals surface area contributed by atoms with Gasteiger partial charge in [0.15, 0.2) is 0 Å². The second kappa shape index (κ2) is 21.0. The van der Waals surface area contributed by atoms with E-state index >= 15 is 0 Å². The fourth-order valence-corrected chi connectivity index (χ4v) is 14.8. The summed E-state index contributed by atoms with van der Waals surface area (Å²) in [4.78, 5) is 0. The van der Waals surface area contributed by atoms with Gasteiger partial charge in [0.05, 0.1) is 11.0 Å². The predicted octanol–water partition coefficient (Wildman–Crippen LogP) is 22.2. The summed E-state index contributed by atoms with van der Waals surface area (Å²) in [7, 11) is 0. The lowest BCUT2D eigenvalue weighted by molar-refractivity contribution is -0.0864. The molecule has 4 nitrogen and oxygen atoms in total. The number of nitrogens with zero attached hydrogens (tertiary/aromatic N) is 1. The van der Waals surface area contributed by atoms with E-state index in [-0.39, 0.29) is 12.0 Å². The topological polar surface area (TPSA) is 36.5 Å². The molecule has 4 aliphatic carbocycles. The first kappa shape index (κ1) is 51.4. The van der Waals surface area contributed by atoms with E-state index in [0.717, 1.165) is 119 Å². The van der Waals surface area contributed by atoms with E-state index in [9.17, 15) is 0 Å². The Hall–Kier alpha value is -10.8. The van der Waals surface area contributed by atoms with Crippen LogP contribution >= 0.6 is 0 Å². The van der Waals surface area contributed by atoms with Crippen LogP contribution in [0.1, 0.15) is 76.1 Å². The molecule has 2 bridgehead atoms. The van der Waals surface area contributed by atoms with Crippen molar-refractivity contribution < 1.29 is 13.9 Å². The van der Waals surface area contributed by atoms with Crippen molar-refractivity contribution >= 4 is 66.0 Å². The van der Waals surface area contributed by atoms with Gasteiger partial charge in [-0.2, -0.15) is 0 Å². The average Bonchev–Trinajstić information content (AvgIpc) is 1.78. The first-order valence-electron chi connectivity index (χ1n) is 31.3. The van der Waals surface area contributed by atoms with Crippen LogP contribution in [-0.4, -0.2) is 10.9 Å². The van der Waals surface area contributed by atoms with Gasteiger partial charge in [-0.3, -0.25) is 0 Å². The molecule has 12 aromatic rings. The van der Waals surface area contributed by atoms with Gasteiger partial charge >= 0.3 is 0 Å². The maximum absolute atomic E-state index is 7.15. The van der Waals surface area contributed by atoms with Crippen LogP contribution in [0.15, 0.2) is 302 Å². The number of furan rings is 1. The van der Waals surface area contributed by atoms with Gasteiger partial charge in [0.1, 0.15) is 23.0 Å². The number of hydrogen-bond acceptors (Lipinski definition) is 3. The number of rotatable bonds is 8. The Morgan fingerprint density at radius 1 is 0.438 bits per heavy atom. The van der Waals surface area contributed by atoms with E-state index in [4.69, 9.17) is 13.9 Å². The summed E-state index contributed by atoms with van der Waals surface area (Å²) in [5.41, 5.74) is 27.3. The highest BCUT2D eigenvalue weighted by Crippen LogP contribution is 2.51. The molecule has 18 rings (SSSR count). The third-order valence-electron chi connectivity index (χ3n) is 19.2. The molecule has 4 heterocycles. The minimum atomic E-state index is -0.666. The minimum Gasteiger partial charge on any atom is -0.460 e. The molecule has 4 unspecified atom stereocenters. The van der Waals surface area contributed by atoms with Crippen molar-refractivity contribution in [2.24, 2.45) is 0 Å². The zero-order chi connectivity index (χ0) is 58.5. The molecule has 0 radical (unpaired) electrons. The van der Waals surface area contributed by atoms with Gasteiger partial charge in [-0.1, -0.05) is 219 Å². The summed E-state index contributed by atoms with van der Waals surface area (Å²) in [5, 5.41) is 4.53. The Kier molecular flexibility index (Phi) is 12.1. The van der Waals surface area contributed by atoms with E-state index in [1.165, 1.54) is 61.2 Å². The van der Waals surface area contributed by atoms with Crippen LogP contribution in [-0.2, 0) is 4.74 Å². The van der Waals surface area contributed by atoms with Gasteiger partial charge in [0, 0.05) is 55.8 Å². The van der Waals surface area contributed by atoms with Crippen molar-refractivity contribution in [3.05, 3.63) is 336 Å². The number of aromatic nitrogens is 1. The third-order valence-corrected chi connectivity index (χ3v) is 19.2. The molecule has 0 fully saturated rings. The summed E-state index contributed by atoms with van der Waals surface area (Å²) < 4.78 is 23.7. The number of ether oxygens (including phenoxy) is 2. The van der Waals surface area contributed by atoms with Crippen LogP contribution in [0.3, 0.4) is 0 Å². The number of allylic oxidation sites excluding steroid dienone is 16. The van der Waals surface area contributed by atoms with Gasteiger partial charge < -0.3 is 18.5 Å². The van der Waals surface area contributed by atoms with Crippen molar-refractivity contribution in [3.8, 4) is 55.9 Å². The highest BCUT2D eigenvalue weighted by atomic mass is 16.7. The van der Waals surface area contributed by atoms with Gasteiger partial charge in [-0.15, -0.1) is 0 Å². The van der Waals surface area contributed by atoms with Crippen LogP contribution in [0, 0.1) is 0 Å². The Labute approximate surface area is 517 Å². The zero-order valence-electron chi connectivity index (χ0n) is 48.9. The summed E-state index contributed by atoms with van der Waals surface area (Å²) >= 11 is 0. The lowest BCUT2D eigenvalue weighted by atomic mass is 9.74. The SMILES string of the molecule is C1=CC=C2c3ccccc3-c3cc(-c4cccc(-n5c6cc(C7=CC(c8ccccc8)=CC8OC7Oc7ccc(C9C=CC=CC9)cc78)ccc6c6ccc(-c7cc(C8=CC=CCC8)cc8c7oc7ccc(-c9ccccc9)cc78)cc65)c4)ccc3C2C=C1. The van der Waals surface area contributed by atoms with Gasteiger partial charge in [-0.25, -0.2) is 0 Å². The molecule has 10 aromatic carbocycles. The standard InChI is InChI=1S/C85H59NO3/c1-6-19-53(20-7-1)58-36-41-81-76(45-58)77-49-63(55-23-10-3-11-24-55)47-73(84(77)87-81)61-34-39-71-72-40-35-62(74-48-64(56-25-12-4-13-26-56)52-83-78-46-59(54-21-8-2-9-22-54)37-42-82(78)88-85(74)89-83)51-80(72)86(79(71)50-61)65-28-18-27-57(43-65)60-33-38-70-68-30-15-5-14-29-66(68)67-31-16-17-32-69(67)75(70)44-60/h1-10,12-21,23,25-52,54,68,83,85H,11,22,24H2. The highest BCUT2D eigenvalue weighted by Gasteiger charge is 2.35. The van der Waals surface area contributed by atoms with E-state index in [2.05, 4.69) is 302 Å². The Bertz CT molecular complexity index is 5240. The Morgan fingerprint density at radius 2 is 1.18 bits per heavy atom. The fourth-order valence-electron chi connectivity index (χ4n) is 14.8. The van der Waals surface area contributed by atoms with Crippen LogP contribution in [0.25, 0.3) is 116 Å². The molecule has 4 atom stereocenters. The largest absolute Gasteiger partial charge is 0.460 e. The van der Waals surface area contributed by atoms with Crippen LogP contribution < -0.4 is 4.74 Å². The molecule has 0 spiro atoms. The minimum absolute atomic E-state index is 0.170. The number of hydrogen-bond donors (Lipinski definition) is 0. The predicted molar refractivity (Wildman–Crippen MR) is 368 cm³/mol. The van der Waals surface area contributed by atoms with Crippen molar-refractivity contribution in [1.29, 1.82) is 0 Å². The molecule has 2 aromatic heterocycles. The number of fused-ring (bicyclic) bond motifs is 16. The molecule has 422 valence electrons. The van der Waals surface area contributed by atoms with Gasteiger partial charge in [0.2, 0.25) is 6.29 Å². The Morgan fingerprint density at radius 3 is 2.02 bits per heavy atom. The van der Waals surface area contributed by atoms with E-state index in [1.807, 2.05) is 0 Å². The van der Waals surface area contributed by atoms with Crippen molar-refractivity contribution in [2.45, 2.75) is 43.5 Å². The molecule has 6 aliphatic rings. The average molecular weight is 1140 g/mol. The van der Waals surface area contributed by atoms with E-state index < -0.39 is 6.29 Å². The molecule has 89 heavy (non-hydrogen) atoms. The second-order valence-electron chi connectivity index (χ2n) is 24.4. The Balaban J connectivity index is 0.832. The molecular weight excluding hydrogens is 1080 g/mol. The summed E-state index contributed by atoms with van der Waals surface area (Å²) in [6, 6.07) is 78.5. The molecule has 4 heteroatoms. The maximum Gasteiger partial charge on any atom is 0.228 e. The molecule has 0 saturated carbocycles. The monoisotopic (exact) mass is 1140 g/mol. The first-order chi connectivity index (χ1) is 44.1. The van der Waals surface area contributed by atoms with Crippen molar-refractivity contribution in [1.82, 2.24) is 4.57 Å². The quantitative estimate of drug-likeness (QED) is 0.152. The zero-order valence-corrected chi connectivity index (χ0v) is 48.9. The van der Waals surface area contributed by atoms with Crippen molar-refractivity contribution in [2.75, 3.05) is 0 Å². The molecule has 0 N–H and O–H groups in total. The molecule has 0 amide bonds. The van der Waals surface area contributed by atoms with Crippen LogP contribution in [0.4, 0.5) is 0 Å². The molecular formula is C85H59NO3. The summed E-state index contributed by atoms with van der Waals surface area (Å²) in [5.74, 6) is 1.32. The maximum atomic E-state index is 7.15. The van der Waals surface area contributed by atoms with Gasteiger partial charge in [0.25, 0.3) is 0 Å². The summed E-state index contributed by atoms with van der Waals surface area (Å²) in [6.45, 7) is 0. The number of benzene rings is 10. The lowest BCUT2D eigenvalue weighted by Crippen LogP contribution is -2.28. The van der Waals surface area contributed by atoms with Crippen molar-refractivity contribution in [3.63, 3.8) is 0 Å². The molecule has 2 aliphatic heterocycles. The van der Waals surface area contributed by atoms with E-state index in [0.29, 0.717) is 5.92 Å². The van der Waals surface area contributed by atoms with Crippen LogP contribution in [0.5, 0.6) is 5.75 Å². The second-order valence-corrected chi connectivity index (χ2v) is 24.4.